The molecule has 0 aliphatic rings. The van der Waals surface area contributed by atoms with Crippen LogP contribution in [0.4, 0.5) is 0 Å². The van der Waals surface area contributed by atoms with Crippen LogP contribution in [0.5, 0.6) is 0 Å². The number of benzene rings is 1. The predicted octanol–water partition coefficient (Wildman–Crippen LogP) is 2.84. The summed E-state index contributed by atoms with van der Waals surface area (Å²) in [6, 6.07) is 9.79. The maximum absolute atomic E-state index is 11.3. The summed E-state index contributed by atoms with van der Waals surface area (Å²) in [5, 5.41) is 0. The lowest BCUT2D eigenvalue weighted by Crippen LogP contribution is -1.99. The van der Waals surface area contributed by atoms with Crippen LogP contribution in [0.2, 0.25) is 0 Å². The molecule has 0 aromatic heterocycles. The van der Waals surface area contributed by atoms with Crippen molar-refractivity contribution in [1.82, 2.24) is 0 Å². The zero-order valence-electron chi connectivity index (χ0n) is 8.93. The third-order valence-corrected chi connectivity index (χ3v) is 3.63. The number of rotatable bonds is 6. The fourth-order valence-electron chi connectivity index (χ4n) is 1.30. The maximum atomic E-state index is 11.3. The highest BCUT2D eigenvalue weighted by molar-refractivity contribution is 7.52. The summed E-state index contributed by atoms with van der Waals surface area (Å²) in [4.78, 5) is 9.33. The first kappa shape index (κ1) is 12.4. The molecule has 84 valence electrons. The molecule has 0 heterocycles. The molecule has 1 aromatic carbocycles. The quantitative estimate of drug-likeness (QED) is 0.761. The van der Waals surface area contributed by atoms with Crippen molar-refractivity contribution >= 4 is 7.60 Å². The first-order chi connectivity index (χ1) is 7.14. The van der Waals surface area contributed by atoms with E-state index in [2.05, 4.69) is 0 Å². The minimum atomic E-state index is -3.33. The zero-order chi connectivity index (χ0) is 11.1. The van der Waals surface area contributed by atoms with E-state index in [1.165, 1.54) is 0 Å². The number of hydrogen-bond donors (Lipinski definition) is 1. The molecule has 0 amide bonds. The Morgan fingerprint density at radius 2 is 2.00 bits per heavy atom. The lowest BCUT2D eigenvalue weighted by Gasteiger charge is -2.10. The third kappa shape index (κ3) is 5.12. The van der Waals surface area contributed by atoms with Crippen LogP contribution in [0.25, 0.3) is 0 Å². The van der Waals surface area contributed by atoms with Crippen LogP contribution in [0, 0.1) is 0 Å². The van der Waals surface area contributed by atoms with Crippen LogP contribution in [-0.2, 0) is 15.5 Å². The van der Waals surface area contributed by atoms with Gasteiger partial charge in [0.25, 0.3) is 0 Å². The van der Waals surface area contributed by atoms with Gasteiger partial charge in [-0.2, -0.15) is 0 Å². The maximum Gasteiger partial charge on any atom is 0.328 e. The van der Waals surface area contributed by atoms with E-state index < -0.39 is 7.60 Å². The van der Waals surface area contributed by atoms with Gasteiger partial charge in [-0.3, -0.25) is 4.57 Å². The van der Waals surface area contributed by atoms with Crippen molar-refractivity contribution in [1.29, 1.82) is 0 Å². The fraction of sp³-hybridized carbons (Fsp3) is 0.455. The summed E-state index contributed by atoms with van der Waals surface area (Å²) in [6.07, 6.45) is 1.58. The second-order valence-electron chi connectivity index (χ2n) is 3.43. The number of hydrogen-bond acceptors (Lipinski definition) is 2. The van der Waals surface area contributed by atoms with E-state index in [1.54, 1.807) is 0 Å². The van der Waals surface area contributed by atoms with E-state index in [9.17, 15) is 9.46 Å². The Bertz CT molecular complexity index is 324. The highest BCUT2D eigenvalue weighted by Gasteiger charge is 2.16. The third-order valence-electron chi connectivity index (χ3n) is 2.03. The zero-order valence-corrected chi connectivity index (χ0v) is 9.82. The van der Waals surface area contributed by atoms with Crippen molar-refractivity contribution in [3.05, 3.63) is 35.9 Å². The molecule has 1 aromatic rings. The molecular weight excluding hydrogens is 211 g/mol. The molecule has 4 heteroatoms. The first-order valence-corrected chi connectivity index (χ1v) is 6.90. The Balaban J connectivity index is 2.31. The minimum Gasteiger partial charge on any atom is -0.324 e. The Kier molecular flexibility index (Phi) is 5.03. The molecule has 3 nitrogen and oxygen atoms in total. The highest BCUT2D eigenvalue weighted by atomic mass is 31.2. The standard InChI is InChI=1S/C11H17O3P/c1-2-10-15(12,13)14-9-8-11-6-4-3-5-7-11/h3-7H,2,8-10H2,1H3,(H,12,13). The molecule has 15 heavy (non-hydrogen) atoms. The molecule has 0 aliphatic heterocycles. The van der Waals surface area contributed by atoms with Gasteiger partial charge in [-0.1, -0.05) is 37.3 Å². The fourth-order valence-corrected chi connectivity index (χ4v) is 2.37. The Morgan fingerprint density at radius 1 is 1.33 bits per heavy atom. The molecule has 0 saturated heterocycles. The molecule has 0 fully saturated rings. The second kappa shape index (κ2) is 6.06. The predicted molar refractivity (Wildman–Crippen MR) is 61.1 cm³/mol. The van der Waals surface area contributed by atoms with Gasteiger partial charge in [-0.25, -0.2) is 0 Å². The van der Waals surface area contributed by atoms with Crippen molar-refractivity contribution < 1.29 is 14.0 Å². The second-order valence-corrected chi connectivity index (χ2v) is 5.41. The van der Waals surface area contributed by atoms with Gasteiger partial charge in [0.1, 0.15) is 0 Å². The van der Waals surface area contributed by atoms with Crippen LogP contribution < -0.4 is 0 Å². The average molecular weight is 228 g/mol. The van der Waals surface area contributed by atoms with Gasteiger partial charge < -0.3 is 9.42 Å². The van der Waals surface area contributed by atoms with E-state index in [1.807, 2.05) is 37.3 Å². The van der Waals surface area contributed by atoms with Crippen LogP contribution in [0.15, 0.2) is 30.3 Å². The Morgan fingerprint density at radius 3 is 2.60 bits per heavy atom. The van der Waals surface area contributed by atoms with Crippen molar-refractivity contribution in [3.8, 4) is 0 Å². The average Bonchev–Trinajstić information content (AvgIpc) is 2.19. The van der Waals surface area contributed by atoms with Gasteiger partial charge in [0.2, 0.25) is 0 Å². The topological polar surface area (TPSA) is 46.5 Å². The summed E-state index contributed by atoms with van der Waals surface area (Å²) in [5.74, 6) is 0. The van der Waals surface area contributed by atoms with Gasteiger partial charge in [0.15, 0.2) is 0 Å². The van der Waals surface area contributed by atoms with Crippen molar-refractivity contribution in [2.24, 2.45) is 0 Å². The Hall–Kier alpha value is -0.630. The van der Waals surface area contributed by atoms with Crippen molar-refractivity contribution in [3.63, 3.8) is 0 Å². The van der Waals surface area contributed by atoms with Crippen LogP contribution in [-0.4, -0.2) is 17.7 Å². The SMILES string of the molecule is CCCP(=O)(O)OCCc1ccccc1. The Labute approximate surface area is 90.6 Å². The largest absolute Gasteiger partial charge is 0.328 e. The monoisotopic (exact) mass is 228 g/mol. The molecular formula is C11H17O3P. The lowest BCUT2D eigenvalue weighted by molar-refractivity contribution is 0.262. The molecule has 1 atom stereocenters. The highest BCUT2D eigenvalue weighted by Crippen LogP contribution is 2.42. The molecule has 1 unspecified atom stereocenters. The molecule has 0 bridgehead atoms. The van der Waals surface area contributed by atoms with Crippen LogP contribution in [0.1, 0.15) is 18.9 Å². The van der Waals surface area contributed by atoms with E-state index >= 15 is 0 Å². The molecule has 1 N–H and O–H groups in total. The van der Waals surface area contributed by atoms with Gasteiger partial charge in [-0.05, 0) is 18.4 Å². The van der Waals surface area contributed by atoms with Crippen LogP contribution >= 0.6 is 7.60 Å². The minimum absolute atomic E-state index is 0.238. The van der Waals surface area contributed by atoms with Gasteiger partial charge in [0.05, 0.1) is 6.61 Å². The van der Waals surface area contributed by atoms with Crippen LogP contribution in [0.3, 0.4) is 0 Å². The van der Waals surface area contributed by atoms with Gasteiger partial charge in [0, 0.05) is 6.16 Å². The van der Waals surface area contributed by atoms with Gasteiger partial charge >= 0.3 is 7.60 Å². The molecule has 0 aliphatic carbocycles. The summed E-state index contributed by atoms with van der Waals surface area (Å²) < 4.78 is 16.3. The first-order valence-electron chi connectivity index (χ1n) is 5.14. The molecule has 1 rings (SSSR count). The summed E-state index contributed by atoms with van der Waals surface area (Å²) >= 11 is 0. The van der Waals surface area contributed by atoms with E-state index in [0.29, 0.717) is 19.4 Å². The lowest BCUT2D eigenvalue weighted by atomic mass is 10.2. The van der Waals surface area contributed by atoms with Crippen molar-refractivity contribution in [2.75, 3.05) is 12.8 Å². The molecule has 0 saturated carbocycles. The van der Waals surface area contributed by atoms with Gasteiger partial charge in [-0.15, -0.1) is 0 Å². The summed E-state index contributed by atoms with van der Waals surface area (Å²) in [7, 11) is -3.33. The van der Waals surface area contributed by atoms with E-state index in [-0.39, 0.29) is 6.16 Å². The summed E-state index contributed by atoms with van der Waals surface area (Å²) in [5.41, 5.74) is 1.12. The smallest absolute Gasteiger partial charge is 0.324 e. The van der Waals surface area contributed by atoms with E-state index in [4.69, 9.17) is 4.52 Å². The normalized spacial score (nSPS) is 14.8. The van der Waals surface area contributed by atoms with E-state index in [0.717, 1.165) is 5.56 Å². The molecule has 0 radical (unpaired) electrons. The molecule has 0 spiro atoms. The summed E-state index contributed by atoms with van der Waals surface area (Å²) in [6.45, 7) is 2.17. The van der Waals surface area contributed by atoms with Crippen molar-refractivity contribution in [2.45, 2.75) is 19.8 Å².